The Morgan fingerprint density at radius 1 is 0.955 bits per heavy atom. The van der Waals surface area contributed by atoms with Gasteiger partial charge in [0.25, 0.3) is 5.91 Å². The summed E-state index contributed by atoms with van der Waals surface area (Å²) in [5, 5.41) is 15.6. The predicted molar refractivity (Wildman–Crippen MR) is 87.1 cm³/mol. The van der Waals surface area contributed by atoms with Gasteiger partial charge in [-0.25, -0.2) is 5.43 Å². The van der Waals surface area contributed by atoms with Crippen molar-refractivity contribution in [2.75, 3.05) is 0 Å². The SMILES string of the molecule is O=C(NN=Cc1ccccc1O)c1ccc2ccccc2c1. The lowest BCUT2D eigenvalue weighted by Gasteiger charge is -2.02. The van der Waals surface area contributed by atoms with Crippen molar-refractivity contribution in [2.24, 2.45) is 5.10 Å². The molecule has 3 rings (SSSR count). The zero-order valence-electron chi connectivity index (χ0n) is 11.7. The van der Waals surface area contributed by atoms with Crippen molar-refractivity contribution in [3.63, 3.8) is 0 Å². The van der Waals surface area contributed by atoms with Gasteiger partial charge in [-0.05, 0) is 35.0 Å². The lowest BCUT2D eigenvalue weighted by molar-refractivity contribution is 0.0955. The smallest absolute Gasteiger partial charge is 0.271 e. The first-order valence-electron chi connectivity index (χ1n) is 6.84. The molecule has 4 nitrogen and oxygen atoms in total. The highest BCUT2D eigenvalue weighted by Crippen LogP contribution is 2.15. The molecular formula is C18H14N2O2. The van der Waals surface area contributed by atoms with Crippen LogP contribution in [0, 0.1) is 0 Å². The van der Waals surface area contributed by atoms with Gasteiger partial charge in [-0.2, -0.15) is 5.10 Å². The van der Waals surface area contributed by atoms with Gasteiger partial charge in [0.1, 0.15) is 5.75 Å². The minimum absolute atomic E-state index is 0.117. The number of rotatable bonds is 3. The van der Waals surface area contributed by atoms with Crippen LogP contribution in [-0.2, 0) is 0 Å². The number of amides is 1. The largest absolute Gasteiger partial charge is 0.507 e. The monoisotopic (exact) mass is 290 g/mol. The molecule has 0 aliphatic heterocycles. The molecule has 0 aliphatic rings. The lowest BCUT2D eigenvalue weighted by atomic mass is 10.1. The van der Waals surface area contributed by atoms with Gasteiger partial charge in [-0.1, -0.05) is 42.5 Å². The van der Waals surface area contributed by atoms with Gasteiger partial charge in [0.15, 0.2) is 0 Å². The first-order chi connectivity index (χ1) is 10.7. The molecule has 3 aromatic carbocycles. The number of para-hydroxylation sites is 1. The standard InChI is InChI=1S/C18H14N2O2/c21-17-8-4-3-7-16(17)12-19-20-18(22)15-10-9-13-5-1-2-6-14(13)11-15/h1-12,21H,(H,20,22). The van der Waals surface area contributed by atoms with Gasteiger partial charge in [0.2, 0.25) is 0 Å². The van der Waals surface area contributed by atoms with Crippen LogP contribution in [0.2, 0.25) is 0 Å². The minimum atomic E-state index is -0.294. The maximum absolute atomic E-state index is 12.1. The molecule has 0 fully saturated rings. The summed E-state index contributed by atoms with van der Waals surface area (Å²) in [6.45, 7) is 0. The Balaban J connectivity index is 1.74. The Labute approximate surface area is 127 Å². The Morgan fingerprint density at radius 2 is 1.68 bits per heavy atom. The van der Waals surface area contributed by atoms with E-state index in [4.69, 9.17) is 0 Å². The zero-order valence-corrected chi connectivity index (χ0v) is 11.7. The minimum Gasteiger partial charge on any atom is -0.507 e. The average molecular weight is 290 g/mol. The molecule has 0 saturated heterocycles. The number of hydrogen-bond acceptors (Lipinski definition) is 3. The number of aromatic hydroxyl groups is 1. The fourth-order valence-corrected chi connectivity index (χ4v) is 2.15. The van der Waals surface area contributed by atoms with E-state index in [2.05, 4.69) is 10.5 Å². The van der Waals surface area contributed by atoms with Gasteiger partial charge >= 0.3 is 0 Å². The predicted octanol–water partition coefficient (Wildman–Crippen LogP) is 3.31. The third-order valence-electron chi connectivity index (χ3n) is 3.32. The van der Waals surface area contributed by atoms with Crippen molar-refractivity contribution in [3.8, 4) is 5.75 Å². The first kappa shape index (κ1) is 13.8. The van der Waals surface area contributed by atoms with Crippen LogP contribution in [0.5, 0.6) is 5.75 Å². The highest BCUT2D eigenvalue weighted by Gasteiger charge is 2.05. The maximum Gasteiger partial charge on any atom is 0.271 e. The number of phenols is 1. The fraction of sp³-hybridized carbons (Fsp3) is 0. The number of hydrazone groups is 1. The van der Waals surface area contributed by atoms with Gasteiger partial charge in [0, 0.05) is 11.1 Å². The second-order valence-corrected chi connectivity index (χ2v) is 4.82. The Kier molecular flexibility index (Phi) is 3.83. The molecule has 0 aliphatic carbocycles. The van der Waals surface area contributed by atoms with Crippen LogP contribution in [0.4, 0.5) is 0 Å². The molecule has 0 spiro atoms. The van der Waals surface area contributed by atoms with Crippen molar-refractivity contribution < 1.29 is 9.90 Å². The van der Waals surface area contributed by atoms with E-state index in [0.717, 1.165) is 10.8 Å². The average Bonchev–Trinajstić information content (AvgIpc) is 2.56. The molecule has 108 valence electrons. The highest BCUT2D eigenvalue weighted by atomic mass is 16.3. The topological polar surface area (TPSA) is 61.7 Å². The summed E-state index contributed by atoms with van der Waals surface area (Å²) in [4.78, 5) is 12.1. The number of fused-ring (bicyclic) bond motifs is 1. The third-order valence-corrected chi connectivity index (χ3v) is 3.32. The van der Waals surface area contributed by atoms with Crippen molar-refractivity contribution in [2.45, 2.75) is 0 Å². The second kappa shape index (κ2) is 6.10. The second-order valence-electron chi connectivity index (χ2n) is 4.82. The maximum atomic E-state index is 12.1. The zero-order chi connectivity index (χ0) is 15.4. The normalized spacial score (nSPS) is 10.9. The van der Waals surface area contributed by atoms with Crippen LogP contribution in [-0.4, -0.2) is 17.2 Å². The quantitative estimate of drug-likeness (QED) is 0.574. The summed E-state index contributed by atoms with van der Waals surface area (Å²) in [5.74, 6) is -0.177. The Hall–Kier alpha value is -3.14. The molecule has 3 aromatic rings. The van der Waals surface area contributed by atoms with Crippen LogP contribution >= 0.6 is 0 Å². The first-order valence-corrected chi connectivity index (χ1v) is 6.84. The summed E-state index contributed by atoms with van der Waals surface area (Å²) in [7, 11) is 0. The molecule has 0 aromatic heterocycles. The van der Waals surface area contributed by atoms with E-state index >= 15 is 0 Å². The summed E-state index contributed by atoms with van der Waals surface area (Å²) >= 11 is 0. The van der Waals surface area contributed by atoms with Gasteiger partial charge in [-0.3, -0.25) is 4.79 Å². The van der Waals surface area contributed by atoms with Crippen LogP contribution in [0.15, 0.2) is 71.8 Å². The van der Waals surface area contributed by atoms with E-state index in [9.17, 15) is 9.90 Å². The summed E-state index contributed by atoms with van der Waals surface area (Å²) in [6, 6.07) is 20.1. The molecule has 22 heavy (non-hydrogen) atoms. The number of nitrogens with one attached hydrogen (secondary N) is 1. The number of nitrogens with zero attached hydrogens (tertiary/aromatic N) is 1. The fourth-order valence-electron chi connectivity index (χ4n) is 2.15. The molecular weight excluding hydrogens is 276 g/mol. The van der Waals surface area contributed by atoms with E-state index in [1.807, 2.05) is 36.4 Å². The number of phenolic OH excluding ortho intramolecular Hbond substituents is 1. The number of carbonyl (C=O) groups is 1. The van der Waals surface area contributed by atoms with Crippen LogP contribution < -0.4 is 5.43 Å². The molecule has 0 heterocycles. The van der Waals surface area contributed by atoms with Crippen LogP contribution in [0.1, 0.15) is 15.9 Å². The van der Waals surface area contributed by atoms with Crippen molar-refractivity contribution in [3.05, 3.63) is 77.9 Å². The lowest BCUT2D eigenvalue weighted by Crippen LogP contribution is -2.17. The molecule has 1 amide bonds. The number of benzene rings is 3. The molecule has 2 N–H and O–H groups in total. The molecule has 0 saturated carbocycles. The van der Waals surface area contributed by atoms with E-state index in [-0.39, 0.29) is 11.7 Å². The number of carbonyl (C=O) groups excluding carboxylic acids is 1. The Morgan fingerprint density at radius 3 is 2.50 bits per heavy atom. The molecule has 0 unspecified atom stereocenters. The molecule has 0 atom stereocenters. The summed E-state index contributed by atoms with van der Waals surface area (Å²) in [6.07, 6.45) is 1.41. The van der Waals surface area contributed by atoms with E-state index < -0.39 is 0 Å². The van der Waals surface area contributed by atoms with Crippen molar-refractivity contribution >= 4 is 22.9 Å². The Bertz CT molecular complexity index is 856. The van der Waals surface area contributed by atoms with Crippen molar-refractivity contribution in [1.82, 2.24) is 5.43 Å². The summed E-state index contributed by atoms with van der Waals surface area (Å²) < 4.78 is 0. The van der Waals surface area contributed by atoms with E-state index in [1.54, 1.807) is 30.3 Å². The number of hydrogen-bond donors (Lipinski definition) is 2. The van der Waals surface area contributed by atoms with Crippen molar-refractivity contribution in [1.29, 1.82) is 0 Å². The van der Waals surface area contributed by atoms with Gasteiger partial charge < -0.3 is 5.11 Å². The highest BCUT2D eigenvalue weighted by molar-refractivity contribution is 5.99. The third kappa shape index (κ3) is 2.96. The van der Waals surface area contributed by atoms with Gasteiger partial charge in [0.05, 0.1) is 6.21 Å². The van der Waals surface area contributed by atoms with Crippen LogP contribution in [0.3, 0.4) is 0 Å². The van der Waals surface area contributed by atoms with E-state index in [1.165, 1.54) is 6.21 Å². The summed E-state index contributed by atoms with van der Waals surface area (Å²) in [5.41, 5.74) is 3.54. The molecule has 4 heteroatoms. The van der Waals surface area contributed by atoms with E-state index in [0.29, 0.717) is 11.1 Å². The molecule has 0 radical (unpaired) electrons. The van der Waals surface area contributed by atoms with Gasteiger partial charge in [-0.15, -0.1) is 0 Å². The van der Waals surface area contributed by atoms with Crippen LogP contribution in [0.25, 0.3) is 10.8 Å². The molecule has 0 bridgehead atoms.